The average molecular weight is 440 g/mol. The summed E-state index contributed by atoms with van der Waals surface area (Å²) in [7, 11) is 1.39. The van der Waals surface area contributed by atoms with Gasteiger partial charge in [0.05, 0.1) is 12.5 Å². The van der Waals surface area contributed by atoms with E-state index >= 15 is 0 Å². The van der Waals surface area contributed by atoms with Gasteiger partial charge in [-0.1, -0.05) is 48.5 Å². The highest BCUT2D eigenvalue weighted by molar-refractivity contribution is 5.79. The minimum atomic E-state index is -1.00. The summed E-state index contributed by atoms with van der Waals surface area (Å²) >= 11 is 0. The molecule has 2 aromatic rings. The molecule has 0 heterocycles. The van der Waals surface area contributed by atoms with E-state index < -0.39 is 24.2 Å². The molecule has 0 saturated carbocycles. The fourth-order valence-electron chi connectivity index (χ4n) is 3.90. The first-order valence-electron chi connectivity index (χ1n) is 10.5. The van der Waals surface area contributed by atoms with Crippen molar-refractivity contribution in [3.63, 3.8) is 0 Å². The van der Waals surface area contributed by atoms with Crippen LogP contribution < -0.4 is 10.6 Å². The summed E-state index contributed by atoms with van der Waals surface area (Å²) in [5.41, 5.74) is 4.56. The number of carbonyl (C=O) groups is 3. The van der Waals surface area contributed by atoms with Crippen LogP contribution in [0, 0.1) is 0 Å². The lowest BCUT2D eigenvalue weighted by atomic mass is 9.98. The maximum absolute atomic E-state index is 12.3. The Labute approximate surface area is 186 Å². The van der Waals surface area contributed by atoms with Gasteiger partial charge in [0.25, 0.3) is 0 Å². The van der Waals surface area contributed by atoms with Crippen LogP contribution >= 0.6 is 0 Å². The van der Waals surface area contributed by atoms with E-state index in [-0.39, 0.29) is 37.8 Å². The number of carboxylic acids is 1. The molecule has 0 aliphatic heterocycles. The number of benzene rings is 2. The van der Waals surface area contributed by atoms with E-state index in [4.69, 9.17) is 14.6 Å². The molecule has 0 fully saturated rings. The first-order chi connectivity index (χ1) is 15.4. The molecule has 0 radical (unpaired) electrons. The Hall–Kier alpha value is -3.39. The number of fused-ring (bicyclic) bond motifs is 3. The van der Waals surface area contributed by atoms with Crippen molar-refractivity contribution in [1.29, 1.82) is 0 Å². The number of nitrogens with one attached hydrogen (secondary N) is 2. The van der Waals surface area contributed by atoms with Gasteiger partial charge in [-0.15, -0.1) is 0 Å². The second kappa shape index (κ2) is 10.8. The Kier molecular flexibility index (Phi) is 7.83. The second-order valence-electron chi connectivity index (χ2n) is 7.83. The Bertz CT molecular complexity index is 931. The lowest BCUT2D eigenvalue weighted by Gasteiger charge is -2.18. The molecule has 1 aliphatic rings. The van der Waals surface area contributed by atoms with Crippen LogP contribution in [0.3, 0.4) is 0 Å². The first-order valence-corrected chi connectivity index (χ1v) is 10.5. The third-order valence-electron chi connectivity index (χ3n) is 5.46. The van der Waals surface area contributed by atoms with Gasteiger partial charge in [-0.05, 0) is 29.2 Å². The number of rotatable bonds is 10. The predicted octanol–water partition coefficient (Wildman–Crippen LogP) is 2.91. The third-order valence-corrected chi connectivity index (χ3v) is 5.46. The molecule has 8 heteroatoms. The van der Waals surface area contributed by atoms with Crippen LogP contribution in [-0.4, -0.2) is 55.5 Å². The van der Waals surface area contributed by atoms with Gasteiger partial charge in [0.2, 0.25) is 5.91 Å². The van der Waals surface area contributed by atoms with E-state index in [0.29, 0.717) is 0 Å². The molecule has 3 N–H and O–H groups in total. The van der Waals surface area contributed by atoms with Crippen molar-refractivity contribution in [2.45, 2.75) is 37.8 Å². The molecular weight excluding hydrogens is 412 g/mol. The van der Waals surface area contributed by atoms with Gasteiger partial charge in [0, 0.05) is 32.0 Å². The Morgan fingerprint density at radius 2 is 1.59 bits per heavy atom. The number of methoxy groups -OCH3 is 1. The van der Waals surface area contributed by atoms with Crippen molar-refractivity contribution in [1.82, 2.24) is 10.6 Å². The summed E-state index contributed by atoms with van der Waals surface area (Å²) in [5, 5.41) is 14.1. The van der Waals surface area contributed by atoms with Crippen LogP contribution in [0.5, 0.6) is 0 Å². The fraction of sp³-hybridized carbons (Fsp3) is 0.375. The molecule has 0 spiro atoms. The molecule has 1 aliphatic carbocycles. The van der Waals surface area contributed by atoms with Crippen LogP contribution in [0.25, 0.3) is 11.1 Å². The van der Waals surface area contributed by atoms with Crippen molar-refractivity contribution >= 4 is 18.0 Å². The number of aliphatic carboxylic acids is 1. The summed E-state index contributed by atoms with van der Waals surface area (Å²) < 4.78 is 10.5. The minimum absolute atomic E-state index is 0.0352. The van der Waals surface area contributed by atoms with Gasteiger partial charge < -0.3 is 25.2 Å². The van der Waals surface area contributed by atoms with Crippen molar-refractivity contribution in [3.8, 4) is 11.1 Å². The zero-order valence-electron chi connectivity index (χ0n) is 18.2. The van der Waals surface area contributed by atoms with Crippen LogP contribution in [0.1, 0.15) is 36.8 Å². The highest BCUT2D eigenvalue weighted by Crippen LogP contribution is 2.44. The SMILES string of the molecule is COC(CNC(=O)CC(C)NC(=O)OCC1c2ccccc2-c2ccccc21)CC(=O)O. The highest BCUT2D eigenvalue weighted by Gasteiger charge is 2.29. The van der Waals surface area contributed by atoms with Crippen molar-refractivity contribution in [2.24, 2.45) is 0 Å². The largest absolute Gasteiger partial charge is 0.481 e. The summed E-state index contributed by atoms with van der Waals surface area (Å²) in [4.78, 5) is 35.1. The summed E-state index contributed by atoms with van der Waals surface area (Å²) in [6.45, 7) is 1.98. The zero-order valence-corrected chi connectivity index (χ0v) is 18.2. The first kappa shape index (κ1) is 23.3. The molecule has 170 valence electrons. The smallest absolute Gasteiger partial charge is 0.407 e. The summed E-state index contributed by atoms with van der Waals surface area (Å²) in [6, 6.07) is 15.7. The minimum Gasteiger partial charge on any atom is -0.481 e. The summed E-state index contributed by atoms with van der Waals surface area (Å²) in [6.07, 6.45) is -1.37. The number of hydrogen-bond acceptors (Lipinski definition) is 5. The van der Waals surface area contributed by atoms with Gasteiger partial charge in [-0.25, -0.2) is 4.79 Å². The van der Waals surface area contributed by atoms with E-state index in [0.717, 1.165) is 22.3 Å². The molecule has 2 aromatic carbocycles. The second-order valence-corrected chi connectivity index (χ2v) is 7.83. The number of hydrogen-bond donors (Lipinski definition) is 3. The average Bonchev–Trinajstić information content (AvgIpc) is 3.08. The lowest BCUT2D eigenvalue weighted by Crippen LogP contribution is -2.40. The van der Waals surface area contributed by atoms with Gasteiger partial charge in [-0.3, -0.25) is 9.59 Å². The number of ether oxygens (including phenoxy) is 2. The number of carbonyl (C=O) groups excluding carboxylic acids is 2. The molecule has 2 unspecified atom stereocenters. The summed E-state index contributed by atoms with van der Waals surface area (Å²) in [5.74, 6) is -1.35. The highest BCUT2D eigenvalue weighted by atomic mass is 16.5. The van der Waals surface area contributed by atoms with E-state index in [9.17, 15) is 14.4 Å². The van der Waals surface area contributed by atoms with Gasteiger partial charge in [0.15, 0.2) is 0 Å². The van der Waals surface area contributed by atoms with E-state index in [1.807, 2.05) is 36.4 Å². The standard InChI is InChI=1S/C24H28N2O6/c1-15(11-22(27)25-13-16(31-2)12-23(28)29)26-24(30)32-14-21-19-9-5-3-7-17(19)18-8-4-6-10-20(18)21/h3-10,15-16,21H,11-14H2,1-2H3,(H,25,27)(H,26,30)(H,28,29). The lowest BCUT2D eigenvalue weighted by molar-refractivity contribution is -0.140. The molecule has 0 saturated heterocycles. The van der Waals surface area contributed by atoms with Crippen LogP contribution in [-0.2, 0) is 19.1 Å². The Morgan fingerprint density at radius 1 is 1.00 bits per heavy atom. The quantitative estimate of drug-likeness (QED) is 0.524. The van der Waals surface area contributed by atoms with Crippen LogP contribution in [0.4, 0.5) is 4.79 Å². The number of carboxylic acid groups (broad SMARTS) is 1. The van der Waals surface area contributed by atoms with Crippen molar-refractivity contribution in [3.05, 3.63) is 59.7 Å². The maximum atomic E-state index is 12.3. The predicted molar refractivity (Wildman–Crippen MR) is 118 cm³/mol. The van der Waals surface area contributed by atoms with Crippen LogP contribution in [0.15, 0.2) is 48.5 Å². The van der Waals surface area contributed by atoms with E-state index in [1.54, 1.807) is 6.92 Å². The molecule has 32 heavy (non-hydrogen) atoms. The number of alkyl carbamates (subject to hydrolysis) is 1. The zero-order chi connectivity index (χ0) is 23.1. The molecule has 8 nitrogen and oxygen atoms in total. The third kappa shape index (κ3) is 5.85. The Morgan fingerprint density at radius 3 is 2.16 bits per heavy atom. The number of amides is 2. The topological polar surface area (TPSA) is 114 Å². The molecule has 2 amide bonds. The van der Waals surface area contributed by atoms with E-state index in [1.165, 1.54) is 7.11 Å². The van der Waals surface area contributed by atoms with Crippen LogP contribution in [0.2, 0.25) is 0 Å². The molecule has 2 atom stereocenters. The van der Waals surface area contributed by atoms with E-state index in [2.05, 4.69) is 22.8 Å². The molecule has 0 aromatic heterocycles. The van der Waals surface area contributed by atoms with Gasteiger partial charge in [-0.2, -0.15) is 0 Å². The molecule has 0 bridgehead atoms. The van der Waals surface area contributed by atoms with Crippen molar-refractivity contribution in [2.75, 3.05) is 20.3 Å². The monoisotopic (exact) mass is 440 g/mol. The van der Waals surface area contributed by atoms with Gasteiger partial charge >= 0.3 is 12.1 Å². The fourth-order valence-corrected chi connectivity index (χ4v) is 3.90. The normalized spacial score (nSPS) is 14.1. The molecule has 3 rings (SSSR count). The van der Waals surface area contributed by atoms with Gasteiger partial charge in [0.1, 0.15) is 6.61 Å². The maximum Gasteiger partial charge on any atom is 0.407 e. The molecular formula is C24H28N2O6. The van der Waals surface area contributed by atoms with Crippen molar-refractivity contribution < 1.29 is 29.0 Å². The Balaban J connectivity index is 1.47.